The molecule has 0 amide bonds. The van der Waals surface area contributed by atoms with Gasteiger partial charge in [-0.2, -0.15) is 19.8 Å². The summed E-state index contributed by atoms with van der Waals surface area (Å²) in [6.07, 6.45) is 2.58. The van der Waals surface area contributed by atoms with E-state index in [2.05, 4.69) is 12.2 Å². The molecule has 1 aliphatic rings. The molecule has 0 radical (unpaired) electrons. The van der Waals surface area contributed by atoms with Gasteiger partial charge in [0.05, 0.1) is 0 Å². The van der Waals surface area contributed by atoms with Gasteiger partial charge in [-0.3, -0.25) is 0 Å². The van der Waals surface area contributed by atoms with Crippen LogP contribution in [0.3, 0.4) is 0 Å². The first-order chi connectivity index (χ1) is 3.39. The van der Waals surface area contributed by atoms with E-state index in [4.69, 9.17) is 0 Å². The van der Waals surface area contributed by atoms with Crippen LogP contribution in [0.15, 0.2) is 0 Å². The van der Waals surface area contributed by atoms with E-state index in [-0.39, 0.29) is 32.7 Å². The minimum atomic E-state index is 0. The van der Waals surface area contributed by atoms with E-state index in [1.54, 1.807) is 5.92 Å². The maximum atomic E-state index is 3.29. The van der Waals surface area contributed by atoms with Crippen molar-refractivity contribution in [1.29, 1.82) is 0 Å². The van der Waals surface area contributed by atoms with Crippen molar-refractivity contribution in [2.24, 2.45) is 0 Å². The monoisotopic (exact) mass is 187 g/mol. The minimum Gasteiger partial charge on any atom is -0.322 e. The third-order valence-electron chi connectivity index (χ3n) is 1.46. The van der Waals surface area contributed by atoms with Crippen molar-refractivity contribution in [2.45, 2.75) is 19.8 Å². The first kappa shape index (κ1) is 9.06. The Morgan fingerprint density at radius 2 is 1.75 bits per heavy atom. The summed E-state index contributed by atoms with van der Waals surface area (Å²) in [5.41, 5.74) is 0. The Kier molecular flexibility index (Phi) is 5.55. The van der Waals surface area contributed by atoms with Gasteiger partial charge in [-0.1, -0.05) is 0 Å². The molecule has 0 aromatic carbocycles. The largest absolute Gasteiger partial charge is 3.00 e. The molecular weight excluding hydrogens is 175 g/mol. The fraction of sp³-hybridized carbons (Fsp3) is 0.833. The third-order valence-corrected chi connectivity index (χ3v) is 1.46. The molecule has 1 nitrogen and oxygen atoms in total. The molecule has 0 aliphatic carbocycles. The van der Waals surface area contributed by atoms with Crippen LogP contribution in [0.4, 0.5) is 0 Å². The van der Waals surface area contributed by atoms with Gasteiger partial charge < -0.3 is 11.2 Å². The Morgan fingerprint density at radius 1 is 1.25 bits per heavy atom. The maximum absolute atomic E-state index is 3.29. The summed E-state index contributed by atoms with van der Waals surface area (Å²) in [6, 6.07) is 0. The summed E-state index contributed by atoms with van der Waals surface area (Å²) in [6.45, 7) is 4.64. The van der Waals surface area contributed by atoms with E-state index in [1.807, 2.05) is 0 Å². The molecule has 1 heterocycles. The summed E-state index contributed by atoms with van der Waals surface area (Å²) < 4.78 is 0. The molecule has 1 rings (SSSR count). The van der Waals surface area contributed by atoms with Crippen molar-refractivity contribution in [1.82, 2.24) is 5.32 Å². The summed E-state index contributed by atoms with van der Waals surface area (Å²) >= 11 is 0. The Bertz CT molecular complexity index is 50.5. The SMILES string of the molecule is C[C-]1CCNCC1.[Y+3]. The smallest absolute Gasteiger partial charge is 0.322 e. The Morgan fingerprint density at radius 3 is 2.00 bits per heavy atom. The second-order valence-corrected chi connectivity index (χ2v) is 2.21. The van der Waals surface area contributed by atoms with E-state index in [1.165, 1.54) is 25.9 Å². The molecule has 0 aromatic rings. The molecule has 0 saturated carbocycles. The topological polar surface area (TPSA) is 12.0 Å². The van der Waals surface area contributed by atoms with Crippen LogP contribution in [0.25, 0.3) is 0 Å². The van der Waals surface area contributed by atoms with Crippen LogP contribution in [0.2, 0.25) is 0 Å². The Labute approximate surface area is 76.5 Å². The summed E-state index contributed by atoms with van der Waals surface area (Å²) in [5, 5.41) is 3.29. The van der Waals surface area contributed by atoms with Gasteiger partial charge in [-0.05, 0) is 13.1 Å². The van der Waals surface area contributed by atoms with Crippen LogP contribution in [0, 0.1) is 5.92 Å². The van der Waals surface area contributed by atoms with Crippen molar-refractivity contribution in [2.75, 3.05) is 13.1 Å². The minimum absolute atomic E-state index is 0. The Balaban J connectivity index is 0.000000490. The average Bonchev–Trinajstić information content (AvgIpc) is 1.69. The summed E-state index contributed by atoms with van der Waals surface area (Å²) in [4.78, 5) is 0. The molecule has 0 unspecified atom stereocenters. The van der Waals surface area contributed by atoms with Gasteiger partial charge in [0.2, 0.25) is 0 Å². The van der Waals surface area contributed by atoms with E-state index in [0.29, 0.717) is 0 Å². The van der Waals surface area contributed by atoms with Crippen molar-refractivity contribution in [3.8, 4) is 0 Å². The fourth-order valence-electron chi connectivity index (χ4n) is 0.854. The molecule has 0 spiro atoms. The molecule has 1 saturated heterocycles. The normalized spacial score (nSPS) is 22.1. The zero-order valence-corrected chi connectivity index (χ0v) is 8.24. The average molecular weight is 187 g/mol. The van der Waals surface area contributed by atoms with Crippen LogP contribution < -0.4 is 5.32 Å². The van der Waals surface area contributed by atoms with E-state index in [9.17, 15) is 0 Å². The van der Waals surface area contributed by atoms with Gasteiger partial charge in [0, 0.05) is 0 Å². The molecule has 1 fully saturated rings. The number of piperidine rings is 1. The van der Waals surface area contributed by atoms with Crippen LogP contribution in [-0.4, -0.2) is 13.1 Å². The molecule has 2 heteroatoms. The Hall–Kier alpha value is 1.06. The zero-order chi connectivity index (χ0) is 5.11. The predicted molar refractivity (Wildman–Crippen MR) is 31.0 cm³/mol. The zero-order valence-electron chi connectivity index (χ0n) is 5.41. The van der Waals surface area contributed by atoms with Gasteiger partial charge in [0.25, 0.3) is 0 Å². The van der Waals surface area contributed by atoms with Crippen molar-refractivity contribution in [3.63, 3.8) is 0 Å². The number of nitrogens with one attached hydrogen (secondary N) is 1. The van der Waals surface area contributed by atoms with E-state index in [0.717, 1.165) is 0 Å². The molecule has 42 valence electrons. The molecule has 1 aliphatic heterocycles. The second-order valence-electron chi connectivity index (χ2n) is 2.21. The number of hydrogen-bond acceptors (Lipinski definition) is 1. The van der Waals surface area contributed by atoms with Gasteiger partial charge in [-0.15, -0.1) is 0 Å². The first-order valence-electron chi connectivity index (χ1n) is 2.91. The second kappa shape index (κ2) is 4.90. The van der Waals surface area contributed by atoms with Crippen molar-refractivity contribution >= 4 is 0 Å². The van der Waals surface area contributed by atoms with Gasteiger partial charge in [0.1, 0.15) is 0 Å². The van der Waals surface area contributed by atoms with Crippen LogP contribution in [-0.2, 0) is 32.7 Å². The standard InChI is InChI=1S/C6H12N.Y/c1-6-2-4-7-5-3-6;/h7H,2-5H2,1H3;/q-1;+3. The van der Waals surface area contributed by atoms with Crippen molar-refractivity contribution < 1.29 is 32.7 Å². The molecule has 0 bridgehead atoms. The van der Waals surface area contributed by atoms with Gasteiger partial charge in [-0.25, -0.2) is 0 Å². The molecule has 1 N–H and O–H groups in total. The molecule has 0 aromatic heterocycles. The first-order valence-corrected chi connectivity index (χ1v) is 2.91. The summed E-state index contributed by atoms with van der Waals surface area (Å²) in [7, 11) is 0. The van der Waals surface area contributed by atoms with E-state index >= 15 is 0 Å². The molecular formula is C6H12NY+2. The van der Waals surface area contributed by atoms with E-state index < -0.39 is 0 Å². The third kappa shape index (κ3) is 3.16. The number of rotatable bonds is 0. The van der Waals surface area contributed by atoms with Crippen molar-refractivity contribution in [3.05, 3.63) is 5.92 Å². The summed E-state index contributed by atoms with van der Waals surface area (Å²) in [5.74, 6) is 1.65. The predicted octanol–water partition coefficient (Wildman–Crippen LogP) is 0.962. The van der Waals surface area contributed by atoms with Gasteiger partial charge >= 0.3 is 32.7 Å². The fourth-order valence-corrected chi connectivity index (χ4v) is 0.854. The van der Waals surface area contributed by atoms with Crippen LogP contribution in [0.5, 0.6) is 0 Å². The number of hydrogen-bond donors (Lipinski definition) is 1. The van der Waals surface area contributed by atoms with Gasteiger partial charge in [0.15, 0.2) is 0 Å². The quantitative estimate of drug-likeness (QED) is 0.557. The van der Waals surface area contributed by atoms with Crippen LogP contribution >= 0.6 is 0 Å². The molecule has 8 heavy (non-hydrogen) atoms. The molecule has 0 atom stereocenters. The van der Waals surface area contributed by atoms with Crippen LogP contribution in [0.1, 0.15) is 19.8 Å². The maximum Gasteiger partial charge on any atom is 3.00 e.